The monoisotopic (exact) mass is 592 g/mol. The maximum atomic E-state index is 13.9. The highest BCUT2D eigenvalue weighted by Crippen LogP contribution is 2.37. The van der Waals surface area contributed by atoms with Crippen LogP contribution < -0.4 is 23.7 Å². The van der Waals surface area contributed by atoms with Gasteiger partial charge in [-0.2, -0.15) is 4.31 Å². The van der Waals surface area contributed by atoms with Gasteiger partial charge in [-0.05, 0) is 37.6 Å². The molecular weight excluding hydrogens is 560 g/mol. The highest BCUT2D eigenvalue weighted by atomic mass is 32.2. The van der Waals surface area contributed by atoms with Gasteiger partial charge >= 0.3 is 0 Å². The largest absolute Gasteiger partial charge is 0.497 e. The molecule has 38 heavy (non-hydrogen) atoms. The Hall–Kier alpha value is -2.59. The van der Waals surface area contributed by atoms with Crippen molar-refractivity contribution in [2.45, 2.75) is 28.7 Å². The van der Waals surface area contributed by atoms with Gasteiger partial charge in [0.05, 0.1) is 39.9 Å². The standard InChI is InChI=1S/C23H32N2O10S3/c1-23(10-13-36(26,27)16-23)25(38(30,31)22-9-7-18(33-3)15-20(22)35-5)12-11-24-37(28,29)21-8-6-17(32-2)14-19(21)34-4/h6-9,14-15,24H,10-13,16H2,1-5H3/t23-/m0/s1. The van der Waals surface area contributed by atoms with E-state index in [2.05, 4.69) is 4.72 Å². The van der Waals surface area contributed by atoms with Crippen LogP contribution >= 0.6 is 0 Å². The molecule has 0 amide bonds. The maximum Gasteiger partial charge on any atom is 0.247 e. The fourth-order valence-electron chi connectivity index (χ4n) is 4.33. The van der Waals surface area contributed by atoms with Gasteiger partial charge in [0, 0.05) is 30.8 Å². The van der Waals surface area contributed by atoms with E-state index < -0.39 is 41.2 Å². The molecule has 0 saturated carbocycles. The number of sulfonamides is 2. The summed E-state index contributed by atoms with van der Waals surface area (Å²) in [6, 6.07) is 8.32. The van der Waals surface area contributed by atoms with E-state index in [1.54, 1.807) is 0 Å². The third kappa shape index (κ3) is 6.17. The predicted molar refractivity (Wildman–Crippen MR) is 140 cm³/mol. The van der Waals surface area contributed by atoms with Crippen molar-refractivity contribution in [1.29, 1.82) is 0 Å². The summed E-state index contributed by atoms with van der Waals surface area (Å²) in [6.07, 6.45) is 0.0477. The second-order valence-electron chi connectivity index (χ2n) is 8.85. The Kier molecular flexibility index (Phi) is 8.88. The van der Waals surface area contributed by atoms with Crippen LogP contribution in [0.2, 0.25) is 0 Å². The zero-order chi connectivity index (χ0) is 28.4. The van der Waals surface area contributed by atoms with Crippen LogP contribution in [0.25, 0.3) is 0 Å². The molecule has 1 fully saturated rings. The van der Waals surface area contributed by atoms with Crippen molar-refractivity contribution < 1.29 is 44.2 Å². The average molecular weight is 593 g/mol. The van der Waals surface area contributed by atoms with E-state index in [9.17, 15) is 25.3 Å². The number of methoxy groups -OCH3 is 4. The molecule has 0 aromatic heterocycles. The van der Waals surface area contributed by atoms with Crippen LogP contribution in [0.4, 0.5) is 0 Å². The Bertz CT molecular complexity index is 1490. The number of sulfone groups is 1. The quantitative estimate of drug-likeness (QED) is 0.381. The summed E-state index contributed by atoms with van der Waals surface area (Å²) in [4.78, 5) is -0.368. The van der Waals surface area contributed by atoms with Crippen LogP contribution in [0.5, 0.6) is 23.0 Å². The molecule has 1 heterocycles. The molecule has 1 aliphatic heterocycles. The molecule has 1 saturated heterocycles. The van der Waals surface area contributed by atoms with E-state index in [1.807, 2.05) is 0 Å². The van der Waals surface area contributed by atoms with E-state index in [0.29, 0.717) is 11.5 Å². The van der Waals surface area contributed by atoms with Gasteiger partial charge in [-0.3, -0.25) is 0 Å². The van der Waals surface area contributed by atoms with E-state index >= 15 is 0 Å². The Morgan fingerprint density at radius 2 is 1.39 bits per heavy atom. The van der Waals surface area contributed by atoms with Crippen LogP contribution in [-0.2, 0) is 29.9 Å². The number of ether oxygens (including phenoxy) is 4. The van der Waals surface area contributed by atoms with Gasteiger partial charge in [0.25, 0.3) is 0 Å². The summed E-state index contributed by atoms with van der Waals surface area (Å²) in [5.74, 6) is 0.200. The zero-order valence-electron chi connectivity index (χ0n) is 21.8. The van der Waals surface area contributed by atoms with Crippen molar-refractivity contribution >= 4 is 29.9 Å². The lowest BCUT2D eigenvalue weighted by Gasteiger charge is -2.36. The fraction of sp³-hybridized carbons (Fsp3) is 0.478. The van der Waals surface area contributed by atoms with Crippen molar-refractivity contribution in [2.75, 3.05) is 53.0 Å². The fourth-order valence-corrected chi connectivity index (χ4v) is 9.67. The number of hydrogen-bond donors (Lipinski definition) is 1. The van der Waals surface area contributed by atoms with Gasteiger partial charge in [0.1, 0.15) is 32.8 Å². The number of nitrogens with zero attached hydrogens (tertiary/aromatic N) is 1. The molecule has 0 spiro atoms. The predicted octanol–water partition coefficient (Wildman–Crippen LogP) is 1.27. The molecule has 212 valence electrons. The van der Waals surface area contributed by atoms with Gasteiger partial charge in [0.15, 0.2) is 9.84 Å². The van der Waals surface area contributed by atoms with E-state index in [1.165, 1.54) is 71.8 Å². The smallest absolute Gasteiger partial charge is 0.247 e. The lowest BCUT2D eigenvalue weighted by molar-refractivity contribution is 0.235. The summed E-state index contributed by atoms with van der Waals surface area (Å²) >= 11 is 0. The van der Waals surface area contributed by atoms with Gasteiger partial charge in [-0.1, -0.05) is 0 Å². The Balaban J connectivity index is 1.97. The highest BCUT2D eigenvalue weighted by molar-refractivity contribution is 7.92. The third-order valence-corrected chi connectivity index (χ3v) is 11.8. The number of hydrogen-bond acceptors (Lipinski definition) is 10. The molecule has 0 unspecified atom stereocenters. The molecule has 1 atom stereocenters. The summed E-state index contributed by atoms with van der Waals surface area (Å²) in [5, 5.41) is 0. The minimum absolute atomic E-state index is 0.00218. The number of rotatable bonds is 12. The first-order chi connectivity index (χ1) is 17.7. The molecule has 3 rings (SSSR count). The first-order valence-electron chi connectivity index (χ1n) is 11.4. The minimum atomic E-state index is -4.35. The Morgan fingerprint density at radius 3 is 1.87 bits per heavy atom. The highest BCUT2D eigenvalue weighted by Gasteiger charge is 2.48. The SMILES string of the molecule is COc1ccc(S(=O)(=O)NCCN([C@@]2(C)CCS(=O)(=O)C2)S(=O)(=O)c2ccc(OC)cc2OC)c(OC)c1. The molecule has 0 radical (unpaired) electrons. The lowest BCUT2D eigenvalue weighted by Crippen LogP contribution is -2.53. The van der Waals surface area contributed by atoms with Crippen molar-refractivity contribution in [3.63, 3.8) is 0 Å². The summed E-state index contributed by atoms with van der Waals surface area (Å²) in [6.45, 7) is 0.845. The zero-order valence-corrected chi connectivity index (χ0v) is 24.2. The molecule has 1 N–H and O–H groups in total. The number of benzene rings is 2. The first-order valence-corrected chi connectivity index (χ1v) is 16.1. The first kappa shape index (κ1) is 30.0. The van der Waals surface area contributed by atoms with Crippen molar-refractivity contribution in [1.82, 2.24) is 9.03 Å². The van der Waals surface area contributed by atoms with Gasteiger partial charge in [0.2, 0.25) is 20.0 Å². The molecule has 0 bridgehead atoms. The molecule has 15 heteroatoms. The van der Waals surface area contributed by atoms with Crippen molar-refractivity contribution in [2.24, 2.45) is 0 Å². The molecule has 2 aromatic rings. The van der Waals surface area contributed by atoms with Gasteiger partial charge in [-0.15, -0.1) is 0 Å². The lowest BCUT2D eigenvalue weighted by atomic mass is 10.0. The summed E-state index contributed by atoms with van der Waals surface area (Å²) in [5.41, 5.74) is -1.31. The molecular formula is C23H32N2O10S3. The maximum absolute atomic E-state index is 13.9. The Morgan fingerprint density at radius 1 is 0.868 bits per heavy atom. The van der Waals surface area contributed by atoms with E-state index in [0.717, 1.165) is 4.31 Å². The molecule has 12 nitrogen and oxygen atoms in total. The van der Waals surface area contributed by atoms with Crippen LogP contribution in [0.3, 0.4) is 0 Å². The van der Waals surface area contributed by atoms with Crippen LogP contribution in [0, 0.1) is 0 Å². The molecule has 0 aliphatic carbocycles. The molecule has 2 aromatic carbocycles. The topological polar surface area (TPSA) is 155 Å². The Labute approximate surface area is 223 Å². The van der Waals surface area contributed by atoms with Crippen molar-refractivity contribution in [3.8, 4) is 23.0 Å². The van der Waals surface area contributed by atoms with E-state index in [-0.39, 0.29) is 46.6 Å². The van der Waals surface area contributed by atoms with Gasteiger partial charge < -0.3 is 18.9 Å². The third-order valence-electron chi connectivity index (χ3n) is 6.29. The van der Waals surface area contributed by atoms with Gasteiger partial charge in [-0.25, -0.2) is 30.0 Å². The van der Waals surface area contributed by atoms with Crippen LogP contribution in [0.15, 0.2) is 46.2 Å². The molecule has 1 aliphatic rings. The second-order valence-corrected chi connectivity index (χ2v) is 14.6. The van der Waals surface area contributed by atoms with E-state index in [4.69, 9.17) is 18.9 Å². The van der Waals surface area contributed by atoms with Crippen LogP contribution in [0.1, 0.15) is 13.3 Å². The average Bonchev–Trinajstić information content (AvgIpc) is 3.18. The normalized spacial score (nSPS) is 19.3. The minimum Gasteiger partial charge on any atom is -0.497 e. The number of nitrogens with one attached hydrogen (secondary N) is 1. The summed E-state index contributed by atoms with van der Waals surface area (Å²) in [7, 11) is -6.53. The van der Waals surface area contributed by atoms with Crippen molar-refractivity contribution in [3.05, 3.63) is 36.4 Å². The van der Waals surface area contributed by atoms with Crippen LogP contribution in [-0.4, -0.2) is 88.1 Å². The summed E-state index contributed by atoms with van der Waals surface area (Å²) < 4.78 is 103. The second kappa shape index (κ2) is 11.3.